The highest BCUT2D eigenvalue weighted by Crippen LogP contribution is 2.27. The van der Waals surface area contributed by atoms with Gasteiger partial charge >= 0.3 is 5.97 Å². The second-order valence-electron chi connectivity index (χ2n) is 5.95. The van der Waals surface area contributed by atoms with Gasteiger partial charge in [0.05, 0.1) is 21.0 Å². The number of nitrogens with zero attached hydrogens (tertiary/aromatic N) is 2. The van der Waals surface area contributed by atoms with E-state index < -0.39 is 12.1 Å². The van der Waals surface area contributed by atoms with Gasteiger partial charge in [-0.1, -0.05) is 24.3 Å². The van der Waals surface area contributed by atoms with Crippen LogP contribution in [0.5, 0.6) is 0 Å². The Bertz CT molecular complexity index is 1120. The van der Waals surface area contributed by atoms with E-state index in [0.29, 0.717) is 16.5 Å². The van der Waals surface area contributed by atoms with Crippen molar-refractivity contribution in [3.63, 3.8) is 0 Å². The van der Waals surface area contributed by atoms with Crippen molar-refractivity contribution < 1.29 is 18.7 Å². The molecule has 1 atom stereocenters. The molecule has 4 rings (SSSR count). The van der Waals surface area contributed by atoms with Gasteiger partial charge in [0.15, 0.2) is 6.10 Å². The smallest absolute Gasteiger partial charge is 0.341 e. The summed E-state index contributed by atoms with van der Waals surface area (Å²) in [5.41, 5.74) is 0.607. The minimum Gasteiger partial charge on any atom is -0.449 e. The molecule has 1 aromatic carbocycles. The molecule has 146 valence electrons. The first-order valence-corrected chi connectivity index (χ1v) is 10.4. The molecule has 1 N–H and O–H groups in total. The van der Waals surface area contributed by atoms with Gasteiger partial charge < -0.3 is 14.5 Å². The zero-order chi connectivity index (χ0) is 20.2. The molecular formula is C20H15N3O4S2. The number of benzene rings is 1. The van der Waals surface area contributed by atoms with E-state index >= 15 is 0 Å². The number of rotatable bonds is 6. The Hall–Kier alpha value is -3.30. The molecular weight excluding hydrogens is 410 g/mol. The van der Waals surface area contributed by atoms with Crippen LogP contribution in [0.4, 0.5) is 5.69 Å². The van der Waals surface area contributed by atoms with Crippen LogP contribution in [0.15, 0.2) is 63.7 Å². The van der Waals surface area contributed by atoms with Gasteiger partial charge in [-0.15, -0.1) is 32.9 Å². The van der Waals surface area contributed by atoms with E-state index in [2.05, 4.69) is 15.5 Å². The maximum Gasteiger partial charge on any atom is 0.341 e. The number of aromatic nitrogens is 2. The monoisotopic (exact) mass is 425 g/mol. The topological polar surface area (TPSA) is 94.3 Å². The van der Waals surface area contributed by atoms with Crippen LogP contribution in [0.3, 0.4) is 0 Å². The fourth-order valence-corrected chi connectivity index (χ4v) is 3.80. The molecule has 4 aromatic rings. The summed E-state index contributed by atoms with van der Waals surface area (Å²) < 4.78 is 11.1. The molecule has 0 radical (unpaired) electrons. The number of nitrogens with one attached hydrogen (secondary N) is 1. The highest BCUT2D eigenvalue weighted by Gasteiger charge is 2.22. The molecule has 0 aliphatic heterocycles. The molecule has 29 heavy (non-hydrogen) atoms. The van der Waals surface area contributed by atoms with E-state index in [1.54, 1.807) is 43.3 Å². The maximum absolute atomic E-state index is 12.7. The molecule has 0 saturated heterocycles. The van der Waals surface area contributed by atoms with Crippen LogP contribution in [0.2, 0.25) is 0 Å². The summed E-state index contributed by atoms with van der Waals surface area (Å²) in [4.78, 5) is 26.4. The number of hydrogen-bond acceptors (Lipinski definition) is 8. The first-order chi connectivity index (χ1) is 14.1. The summed E-state index contributed by atoms with van der Waals surface area (Å²) in [7, 11) is 0. The second kappa shape index (κ2) is 8.38. The van der Waals surface area contributed by atoms with Gasteiger partial charge in [-0.3, -0.25) is 4.79 Å². The first kappa shape index (κ1) is 19.0. The van der Waals surface area contributed by atoms with Crippen LogP contribution < -0.4 is 5.32 Å². The van der Waals surface area contributed by atoms with E-state index in [0.717, 1.165) is 4.88 Å². The van der Waals surface area contributed by atoms with Crippen molar-refractivity contribution in [3.05, 3.63) is 75.6 Å². The molecule has 1 unspecified atom stereocenters. The quantitative estimate of drug-likeness (QED) is 0.436. The van der Waals surface area contributed by atoms with Crippen LogP contribution in [-0.2, 0) is 4.74 Å². The van der Waals surface area contributed by atoms with Crippen molar-refractivity contribution >= 4 is 40.2 Å². The predicted octanol–water partition coefficient (Wildman–Crippen LogP) is 5.03. The summed E-state index contributed by atoms with van der Waals surface area (Å²) in [5.74, 6) is -0.315. The van der Waals surface area contributed by atoms with Crippen LogP contribution in [-0.4, -0.2) is 22.1 Å². The van der Waals surface area contributed by atoms with E-state index in [-0.39, 0.29) is 17.4 Å². The number of carbonyl (C=O) groups excluding carboxylic acids is 2. The number of thiophene rings is 2. The second-order valence-corrected chi connectivity index (χ2v) is 7.84. The Labute approximate surface area is 174 Å². The molecule has 0 saturated carbocycles. The highest BCUT2D eigenvalue weighted by atomic mass is 32.1. The Balaban J connectivity index is 1.48. The lowest BCUT2D eigenvalue weighted by Crippen LogP contribution is -2.16. The summed E-state index contributed by atoms with van der Waals surface area (Å²) in [5, 5.41) is 14.4. The van der Waals surface area contributed by atoms with Crippen LogP contribution in [0.1, 0.15) is 38.9 Å². The molecule has 9 heteroatoms. The number of amides is 1. The molecule has 0 aliphatic rings. The van der Waals surface area contributed by atoms with Gasteiger partial charge in [0, 0.05) is 0 Å². The summed E-state index contributed by atoms with van der Waals surface area (Å²) in [6, 6.07) is 13.9. The van der Waals surface area contributed by atoms with Crippen molar-refractivity contribution in [2.45, 2.75) is 13.0 Å². The van der Waals surface area contributed by atoms with Crippen LogP contribution in [0.25, 0.3) is 10.8 Å². The minimum atomic E-state index is -0.746. The Morgan fingerprint density at radius 2 is 1.83 bits per heavy atom. The maximum atomic E-state index is 12.7. The minimum absolute atomic E-state index is 0.196. The molecule has 7 nitrogen and oxygen atoms in total. The summed E-state index contributed by atoms with van der Waals surface area (Å²) in [6.07, 6.45) is -0.746. The van der Waals surface area contributed by atoms with Crippen molar-refractivity contribution in [2.75, 3.05) is 5.32 Å². The lowest BCUT2D eigenvalue weighted by atomic mass is 10.1. The molecule has 3 aromatic heterocycles. The predicted molar refractivity (Wildman–Crippen MR) is 110 cm³/mol. The largest absolute Gasteiger partial charge is 0.449 e. The zero-order valence-electron chi connectivity index (χ0n) is 15.2. The SMILES string of the molecule is CC(OC(=O)c1ccccc1NC(=O)c1cccs1)c1nnc(-c2cccs2)o1. The standard InChI is InChI=1S/C20H15N3O4S2/c1-12(18-22-23-19(27-18)16-9-5-11-29-16)26-20(25)13-6-2-3-7-14(13)21-17(24)15-8-4-10-28-15/h2-12H,1H3,(H,21,24). The van der Waals surface area contributed by atoms with Gasteiger partial charge in [0.2, 0.25) is 0 Å². The molecule has 0 aliphatic carbocycles. The number of esters is 1. The lowest BCUT2D eigenvalue weighted by molar-refractivity contribution is 0.0281. The van der Waals surface area contributed by atoms with Crippen LogP contribution in [0, 0.1) is 0 Å². The molecule has 3 heterocycles. The van der Waals surface area contributed by atoms with Gasteiger partial charge in [0.1, 0.15) is 0 Å². The van der Waals surface area contributed by atoms with Gasteiger partial charge in [-0.2, -0.15) is 0 Å². The Morgan fingerprint density at radius 3 is 2.59 bits per heavy atom. The van der Waals surface area contributed by atoms with Crippen molar-refractivity contribution in [1.82, 2.24) is 10.2 Å². The summed E-state index contributed by atoms with van der Waals surface area (Å²) in [6.45, 7) is 1.65. The number of hydrogen-bond donors (Lipinski definition) is 1. The fourth-order valence-electron chi connectivity index (χ4n) is 2.53. The summed E-state index contributed by atoms with van der Waals surface area (Å²) >= 11 is 2.79. The van der Waals surface area contributed by atoms with E-state index in [1.807, 2.05) is 22.9 Å². The zero-order valence-corrected chi connectivity index (χ0v) is 16.8. The van der Waals surface area contributed by atoms with Crippen molar-refractivity contribution in [2.24, 2.45) is 0 Å². The molecule has 0 fully saturated rings. The third-order valence-corrected chi connectivity index (χ3v) is 5.67. The van der Waals surface area contributed by atoms with Gasteiger partial charge in [0.25, 0.3) is 17.7 Å². The molecule has 0 spiro atoms. The van der Waals surface area contributed by atoms with E-state index in [1.165, 1.54) is 22.7 Å². The molecule has 0 bridgehead atoms. The number of anilines is 1. The van der Waals surface area contributed by atoms with E-state index in [9.17, 15) is 9.59 Å². The average molecular weight is 425 g/mol. The van der Waals surface area contributed by atoms with E-state index in [4.69, 9.17) is 9.15 Å². The number of carbonyl (C=O) groups is 2. The Morgan fingerprint density at radius 1 is 1.03 bits per heavy atom. The lowest BCUT2D eigenvalue weighted by Gasteiger charge is -2.13. The van der Waals surface area contributed by atoms with Gasteiger partial charge in [-0.05, 0) is 41.9 Å². The number of ether oxygens (including phenoxy) is 1. The Kier molecular flexibility index (Phi) is 5.50. The third-order valence-electron chi connectivity index (χ3n) is 3.94. The molecule has 1 amide bonds. The average Bonchev–Trinajstić information content (AvgIpc) is 3.50. The van der Waals surface area contributed by atoms with Crippen molar-refractivity contribution in [1.29, 1.82) is 0 Å². The number of para-hydroxylation sites is 1. The first-order valence-electron chi connectivity index (χ1n) is 8.64. The fraction of sp³-hybridized carbons (Fsp3) is 0.100. The van der Waals surface area contributed by atoms with Gasteiger partial charge in [-0.25, -0.2) is 4.79 Å². The normalized spacial score (nSPS) is 11.8. The van der Waals surface area contributed by atoms with Crippen LogP contribution >= 0.6 is 22.7 Å². The third kappa shape index (κ3) is 4.25. The van der Waals surface area contributed by atoms with Crippen molar-refractivity contribution in [3.8, 4) is 10.8 Å². The highest BCUT2D eigenvalue weighted by molar-refractivity contribution is 7.13.